The maximum atomic E-state index is 13.9. The second kappa shape index (κ2) is 6.95. The first kappa shape index (κ1) is 19.1. The van der Waals surface area contributed by atoms with Gasteiger partial charge >= 0.3 is 0 Å². The number of hydrogen-bond acceptors (Lipinski definition) is 4. The zero-order valence-electron chi connectivity index (χ0n) is 13.0. The first-order valence-corrected chi connectivity index (χ1v) is 9.21. The van der Waals surface area contributed by atoms with E-state index in [9.17, 15) is 17.6 Å². The first-order chi connectivity index (χ1) is 10.8. The van der Waals surface area contributed by atoms with Crippen LogP contribution in [0.4, 0.5) is 10.1 Å². The molecular weight excluding hydrogens is 357 g/mol. The molecule has 4 N–H and O–H groups in total. The van der Waals surface area contributed by atoms with Gasteiger partial charge in [-0.2, -0.15) is 0 Å². The Labute approximate surface area is 146 Å². The van der Waals surface area contributed by atoms with Crippen LogP contribution >= 0.6 is 12.4 Å². The third kappa shape index (κ3) is 4.05. The van der Waals surface area contributed by atoms with E-state index in [4.69, 9.17) is 5.73 Å². The van der Waals surface area contributed by atoms with E-state index in [0.29, 0.717) is 12.8 Å². The molecule has 0 bridgehead atoms. The number of sulfonamides is 1. The maximum Gasteiger partial charge on any atom is 0.244 e. The zero-order chi connectivity index (χ0) is 16.7. The minimum Gasteiger partial charge on any atom is -0.324 e. The molecule has 2 aliphatic carbocycles. The number of benzene rings is 1. The van der Waals surface area contributed by atoms with E-state index in [1.165, 1.54) is 6.07 Å². The number of hydrogen-bond donors (Lipinski definition) is 3. The molecule has 3 rings (SSSR count). The highest BCUT2D eigenvalue weighted by atomic mass is 35.5. The summed E-state index contributed by atoms with van der Waals surface area (Å²) in [7, 11) is -3.93. The fourth-order valence-corrected chi connectivity index (χ4v) is 4.17. The molecule has 1 aromatic carbocycles. The van der Waals surface area contributed by atoms with Crippen LogP contribution in [0.2, 0.25) is 0 Å². The molecule has 2 saturated carbocycles. The Kier molecular flexibility index (Phi) is 5.54. The molecule has 0 aromatic heterocycles. The van der Waals surface area contributed by atoms with E-state index >= 15 is 0 Å². The van der Waals surface area contributed by atoms with Crippen molar-refractivity contribution in [2.45, 2.75) is 55.0 Å². The van der Waals surface area contributed by atoms with E-state index in [1.54, 1.807) is 0 Å². The number of carbonyl (C=O) groups excluding carboxylic acids is 1. The Morgan fingerprint density at radius 3 is 2.46 bits per heavy atom. The molecular formula is C15H21ClFN3O3S. The van der Waals surface area contributed by atoms with Gasteiger partial charge in [0, 0.05) is 11.7 Å². The molecule has 2 aliphatic rings. The Morgan fingerprint density at radius 2 is 1.88 bits per heavy atom. The molecule has 0 aliphatic heterocycles. The average Bonchev–Trinajstić information content (AvgIpc) is 3.17. The Hall–Kier alpha value is -1.22. The van der Waals surface area contributed by atoms with Crippen molar-refractivity contribution < 1.29 is 17.6 Å². The van der Waals surface area contributed by atoms with Gasteiger partial charge in [0.15, 0.2) is 0 Å². The highest BCUT2D eigenvalue weighted by Crippen LogP contribution is 2.29. The molecule has 1 amide bonds. The molecule has 9 heteroatoms. The number of carbonyl (C=O) groups is 1. The van der Waals surface area contributed by atoms with Gasteiger partial charge in [-0.3, -0.25) is 4.79 Å². The number of nitrogens with two attached hydrogens (primary N) is 1. The summed E-state index contributed by atoms with van der Waals surface area (Å²) in [6.45, 7) is 0. The lowest BCUT2D eigenvalue weighted by atomic mass is 9.98. The molecule has 0 heterocycles. The van der Waals surface area contributed by atoms with Crippen molar-refractivity contribution in [3.8, 4) is 0 Å². The van der Waals surface area contributed by atoms with Gasteiger partial charge in [-0.1, -0.05) is 12.8 Å². The van der Waals surface area contributed by atoms with Gasteiger partial charge in [0.05, 0.1) is 5.54 Å². The lowest BCUT2D eigenvalue weighted by molar-refractivity contribution is -0.121. The highest BCUT2D eigenvalue weighted by molar-refractivity contribution is 7.89. The zero-order valence-corrected chi connectivity index (χ0v) is 14.7. The van der Waals surface area contributed by atoms with Gasteiger partial charge in [0.25, 0.3) is 0 Å². The second-order valence-electron chi connectivity index (χ2n) is 6.36. The number of nitrogens with one attached hydrogen (secondary N) is 2. The highest BCUT2D eigenvalue weighted by Gasteiger charge is 2.37. The number of halogens is 2. The fraction of sp³-hybridized carbons (Fsp3) is 0.533. The van der Waals surface area contributed by atoms with Crippen molar-refractivity contribution in [3.63, 3.8) is 0 Å². The van der Waals surface area contributed by atoms with E-state index in [0.717, 1.165) is 37.8 Å². The van der Waals surface area contributed by atoms with Gasteiger partial charge in [-0.15, -0.1) is 12.4 Å². The number of amides is 1. The maximum absolute atomic E-state index is 13.9. The summed E-state index contributed by atoms with van der Waals surface area (Å²) in [6, 6.07) is 3.38. The van der Waals surface area contributed by atoms with Crippen molar-refractivity contribution in [3.05, 3.63) is 24.0 Å². The summed E-state index contributed by atoms with van der Waals surface area (Å²) in [5.41, 5.74) is 5.36. The summed E-state index contributed by atoms with van der Waals surface area (Å²) >= 11 is 0. The second-order valence-corrected chi connectivity index (χ2v) is 8.04. The SMILES string of the molecule is Cl.NC1(C(=O)Nc2ccc(F)c(S(=O)(=O)NC3CC3)c2)CCCC1. The summed E-state index contributed by atoms with van der Waals surface area (Å²) in [5.74, 6) is -1.21. The van der Waals surface area contributed by atoms with Gasteiger partial charge in [0.1, 0.15) is 10.7 Å². The molecule has 134 valence electrons. The van der Waals surface area contributed by atoms with Crippen molar-refractivity contribution >= 4 is 34.0 Å². The molecule has 0 saturated heterocycles. The van der Waals surface area contributed by atoms with Crippen LogP contribution in [0.25, 0.3) is 0 Å². The third-order valence-electron chi connectivity index (χ3n) is 4.33. The third-order valence-corrected chi connectivity index (χ3v) is 5.86. The van der Waals surface area contributed by atoms with Crippen LogP contribution in [0.1, 0.15) is 38.5 Å². The summed E-state index contributed by atoms with van der Waals surface area (Å²) in [5, 5.41) is 2.61. The van der Waals surface area contributed by atoms with Gasteiger partial charge < -0.3 is 11.1 Å². The number of anilines is 1. The molecule has 6 nitrogen and oxygen atoms in total. The van der Waals surface area contributed by atoms with Crippen LogP contribution in [0.5, 0.6) is 0 Å². The van der Waals surface area contributed by atoms with Crippen LogP contribution in [0.3, 0.4) is 0 Å². The van der Waals surface area contributed by atoms with Crippen molar-refractivity contribution in [2.24, 2.45) is 5.73 Å². The predicted molar refractivity (Wildman–Crippen MR) is 91.0 cm³/mol. The van der Waals surface area contributed by atoms with E-state index in [2.05, 4.69) is 10.0 Å². The smallest absolute Gasteiger partial charge is 0.244 e. The van der Waals surface area contributed by atoms with Gasteiger partial charge in [-0.25, -0.2) is 17.5 Å². The molecule has 24 heavy (non-hydrogen) atoms. The van der Waals surface area contributed by atoms with Crippen molar-refractivity contribution in [1.29, 1.82) is 0 Å². The average molecular weight is 378 g/mol. The molecule has 0 radical (unpaired) electrons. The fourth-order valence-electron chi connectivity index (χ4n) is 2.76. The van der Waals surface area contributed by atoms with Crippen LogP contribution in [-0.2, 0) is 14.8 Å². The monoisotopic (exact) mass is 377 g/mol. The minimum atomic E-state index is -3.93. The summed E-state index contributed by atoms with van der Waals surface area (Å²) in [4.78, 5) is 11.8. The Bertz CT molecular complexity index is 731. The van der Waals surface area contributed by atoms with Crippen molar-refractivity contribution in [1.82, 2.24) is 4.72 Å². The lowest BCUT2D eigenvalue weighted by Crippen LogP contribution is -2.48. The predicted octanol–water partition coefficient (Wildman–Crippen LogP) is 1.90. The van der Waals surface area contributed by atoms with E-state index in [-0.39, 0.29) is 30.0 Å². The van der Waals surface area contributed by atoms with Crippen molar-refractivity contribution in [2.75, 3.05) is 5.32 Å². The molecule has 2 fully saturated rings. The summed E-state index contributed by atoms with van der Waals surface area (Å²) in [6.07, 6.45) is 4.47. The molecule has 0 unspecified atom stereocenters. The normalized spacial score (nSPS) is 19.6. The first-order valence-electron chi connectivity index (χ1n) is 7.72. The van der Waals surface area contributed by atoms with E-state index in [1.807, 2.05) is 0 Å². The number of rotatable bonds is 5. The largest absolute Gasteiger partial charge is 0.324 e. The topological polar surface area (TPSA) is 101 Å². The van der Waals surface area contributed by atoms with Crippen LogP contribution < -0.4 is 15.8 Å². The van der Waals surface area contributed by atoms with E-state index < -0.39 is 26.3 Å². The van der Waals surface area contributed by atoms with Gasteiger partial charge in [0.2, 0.25) is 15.9 Å². The lowest BCUT2D eigenvalue weighted by Gasteiger charge is -2.22. The Morgan fingerprint density at radius 1 is 1.25 bits per heavy atom. The molecule has 0 atom stereocenters. The molecule has 1 aromatic rings. The van der Waals surface area contributed by atoms with Crippen LogP contribution in [0.15, 0.2) is 23.1 Å². The standard InChI is InChI=1S/C15H20FN3O3S.ClH/c16-12-6-5-11(18-14(20)15(17)7-1-2-8-15)9-13(12)23(21,22)19-10-3-4-10;/h5-6,9-10,19H,1-4,7-8,17H2,(H,18,20);1H. The van der Waals surface area contributed by atoms with Crippen LogP contribution in [-0.4, -0.2) is 25.9 Å². The minimum absolute atomic E-state index is 0. The van der Waals surface area contributed by atoms with Crippen LogP contribution in [0, 0.1) is 5.82 Å². The summed E-state index contributed by atoms with van der Waals surface area (Å²) < 4.78 is 40.7. The van der Waals surface area contributed by atoms with Gasteiger partial charge in [-0.05, 0) is 43.9 Å². The quantitative estimate of drug-likeness (QED) is 0.729. The molecule has 0 spiro atoms. The Balaban J connectivity index is 0.00000208.